The molecule has 14 heteroatoms. The molecule has 0 spiro atoms. The van der Waals surface area contributed by atoms with Gasteiger partial charge in [-0.15, -0.1) is 0 Å². The molecule has 0 aliphatic rings. The van der Waals surface area contributed by atoms with Crippen LogP contribution in [0, 0.1) is 0 Å². The summed E-state index contributed by atoms with van der Waals surface area (Å²) in [7, 11) is -8.31. The molecule has 0 bridgehead atoms. The Balaban J connectivity index is 2.02. The fourth-order valence-corrected chi connectivity index (χ4v) is 3.99. The van der Waals surface area contributed by atoms with Crippen LogP contribution in [0.5, 0.6) is 11.5 Å². The lowest BCUT2D eigenvalue weighted by Gasteiger charge is -2.11. The van der Waals surface area contributed by atoms with E-state index in [-0.39, 0.29) is 53.6 Å². The summed E-state index contributed by atoms with van der Waals surface area (Å²) < 4.78 is 56.9. The molecule has 2 aromatic carbocycles. The minimum absolute atomic E-state index is 0.0275. The highest BCUT2D eigenvalue weighted by Crippen LogP contribution is 2.26. The van der Waals surface area contributed by atoms with Gasteiger partial charge in [-0.25, -0.2) is 27.1 Å². The molecular formula is C19H24N4O8S2. The van der Waals surface area contributed by atoms with Gasteiger partial charge in [-0.1, -0.05) is 12.1 Å². The number of nitrogens with two attached hydrogens (primary N) is 4. The maximum atomic E-state index is 12.1. The van der Waals surface area contributed by atoms with Crippen molar-refractivity contribution in [3.05, 3.63) is 47.5 Å². The number of carbonyl (C=O) groups is 2. The molecule has 0 aromatic heterocycles. The Bertz CT molecular complexity index is 1160. The highest BCUT2D eigenvalue weighted by molar-refractivity contribution is 7.89. The first kappa shape index (κ1) is 26.4. The number of primary sulfonamides is 2. The van der Waals surface area contributed by atoms with Crippen LogP contribution in [0.4, 0.5) is 0 Å². The van der Waals surface area contributed by atoms with E-state index in [0.29, 0.717) is 11.1 Å². The molecule has 0 heterocycles. The van der Waals surface area contributed by atoms with Gasteiger partial charge in [-0.05, 0) is 41.8 Å². The van der Waals surface area contributed by atoms with Crippen molar-refractivity contribution in [2.24, 2.45) is 21.7 Å². The molecule has 180 valence electrons. The van der Waals surface area contributed by atoms with Gasteiger partial charge in [0.1, 0.15) is 9.79 Å². The van der Waals surface area contributed by atoms with Crippen molar-refractivity contribution in [2.45, 2.75) is 42.1 Å². The molecule has 0 radical (unpaired) electrons. The maximum Gasteiger partial charge on any atom is 0.311 e. The highest BCUT2D eigenvalue weighted by atomic mass is 32.2. The van der Waals surface area contributed by atoms with Crippen LogP contribution in [-0.4, -0.2) is 28.8 Å². The van der Waals surface area contributed by atoms with E-state index in [1.54, 1.807) is 0 Å². The average molecular weight is 501 g/mol. The SMILES string of the molecule is NCc1ccc(S(N)(=O)=O)c(OC(=O)CCCC(=O)Oc2cc(CN)ccc2S(N)(=O)=O)c1. The summed E-state index contributed by atoms with van der Waals surface area (Å²) >= 11 is 0. The Labute approximate surface area is 190 Å². The molecule has 0 aliphatic heterocycles. The zero-order chi connectivity index (χ0) is 24.8. The lowest BCUT2D eigenvalue weighted by atomic mass is 10.2. The Kier molecular flexibility index (Phi) is 8.65. The lowest BCUT2D eigenvalue weighted by molar-refractivity contribution is -0.136. The van der Waals surface area contributed by atoms with Crippen LogP contribution in [0.2, 0.25) is 0 Å². The van der Waals surface area contributed by atoms with Crippen molar-refractivity contribution < 1.29 is 35.9 Å². The third kappa shape index (κ3) is 7.59. The number of hydrogen-bond acceptors (Lipinski definition) is 10. The van der Waals surface area contributed by atoms with Crippen LogP contribution < -0.4 is 31.2 Å². The van der Waals surface area contributed by atoms with E-state index < -0.39 is 32.0 Å². The first-order chi connectivity index (χ1) is 15.3. The Morgan fingerprint density at radius 1 is 0.697 bits per heavy atom. The second-order valence-corrected chi connectivity index (χ2v) is 9.92. The quantitative estimate of drug-likeness (QED) is 0.243. The van der Waals surface area contributed by atoms with Crippen molar-refractivity contribution in [2.75, 3.05) is 0 Å². The van der Waals surface area contributed by atoms with Crippen molar-refractivity contribution in [3.8, 4) is 11.5 Å². The summed E-state index contributed by atoms with van der Waals surface area (Å²) in [6.45, 7) is 0.153. The predicted octanol–water partition coefficient (Wildman–Crippen LogP) is -0.420. The van der Waals surface area contributed by atoms with Crippen molar-refractivity contribution in [3.63, 3.8) is 0 Å². The molecule has 0 saturated carbocycles. The van der Waals surface area contributed by atoms with E-state index in [1.807, 2.05) is 0 Å². The van der Waals surface area contributed by atoms with Crippen LogP contribution in [-0.2, 0) is 42.7 Å². The first-order valence-corrected chi connectivity index (χ1v) is 12.6. The average Bonchev–Trinajstić information content (AvgIpc) is 2.71. The minimum atomic E-state index is -4.15. The monoisotopic (exact) mass is 500 g/mol. The molecule has 0 amide bonds. The van der Waals surface area contributed by atoms with Crippen LogP contribution in [0.1, 0.15) is 30.4 Å². The van der Waals surface area contributed by atoms with Gasteiger partial charge in [-0.2, -0.15) is 0 Å². The van der Waals surface area contributed by atoms with Gasteiger partial charge in [0.25, 0.3) is 0 Å². The summed E-state index contributed by atoms with van der Waals surface area (Å²) in [6, 6.07) is 7.79. The van der Waals surface area contributed by atoms with E-state index in [0.717, 1.165) is 0 Å². The van der Waals surface area contributed by atoms with E-state index in [4.69, 9.17) is 31.2 Å². The standard InChI is InChI=1S/C19H24N4O8S2/c20-10-12-4-6-16(32(22,26)27)14(8-12)30-18(24)2-1-3-19(25)31-15-9-13(11-21)5-7-17(15)33(23,28)29/h4-9H,1-3,10-11,20-21H2,(H2,22,26,27)(H2,23,28,29). The molecule has 0 fully saturated rings. The van der Waals surface area contributed by atoms with Crippen LogP contribution in [0.3, 0.4) is 0 Å². The van der Waals surface area contributed by atoms with Gasteiger partial charge >= 0.3 is 11.9 Å². The molecule has 0 atom stereocenters. The second kappa shape index (κ2) is 10.8. The Morgan fingerprint density at radius 3 is 1.36 bits per heavy atom. The molecule has 0 unspecified atom stereocenters. The second-order valence-electron chi connectivity index (χ2n) is 6.86. The van der Waals surface area contributed by atoms with Gasteiger partial charge in [0, 0.05) is 25.9 Å². The van der Waals surface area contributed by atoms with Gasteiger partial charge in [-0.3, -0.25) is 9.59 Å². The fraction of sp³-hybridized carbons (Fsp3) is 0.263. The predicted molar refractivity (Wildman–Crippen MR) is 117 cm³/mol. The number of hydrogen-bond donors (Lipinski definition) is 4. The molecule has 8 N–H and O–H groups in total. The Hall–Kier alpha value is -2.88. The third-order valence-corrected chi connectivity index (χ3v) is 6.21. The van der Waals surface area contributed by atoms with Crippen molar-refractivity contribution >= 4 is 32.0 Å². The third-order valence-electron chi connectivity index (χ3n) is 4.31. The van der Waals surface area contributed by atoms with E-state index in [9.17, 15) is 26.4 Å². The van der Waals surface area contributed by atoms with Gasteiger partial charge in [0.05, 0.1) is 0 Å². The maximum absolute atomic E-state index is 12.1. The Morgan fingerprint density at radius 2 is 1.06 bits per heavy atom. The topological polar surface area (TPSA) is 225 Å². The zero-order valence-electron chi connectivity index (χ0n) is 17.4. The molecule has 12 nitrogen and oxygen atoms in total. The fourth-order valence-electron chi connectivity index (χ4n) is 2.71. The molecule has 2 aromatic rings. The molecule has 2 rings (SSSR count). The molecular weight excluding hydrogens is 476 g/mol. The molecule has 33 heavy (non-hydrogen) atoms. The summed E-state index contributed by atoms with van der Waals surface area (Å²) in [5.74, 6) is -2.19. The number of carbonyl (C=O) groups excluding carboxylic acids is 2. The van der Waals surface area contributed by atoms with Crippen molar-refractivity contribution in [1.82, 2.24) is 0 Å². The summed E-state index contributed by atoms with van der Waals surface area (Å²) in [6.07, 6.45) is -0.561. The number of rotatable bonds is 10. The number of ether oxygens (including phenoxy) is 2. The molecule has 0 saturated heterocycles. The van der Waals surface area contributed by atoms with E-state index >= 15 is 0 Å². The normalized spacial score (nSPS) is 11.8. The largest absolute Gasteiger partial charge is 0.425 e. The van der Waals surface area contributed by atoms with E-state index in [1.165, 1.54) is 36.4 Å². The van der Waals surface area contributed by atoms with Gasteiger partial charge < -0.3 is 20.9 Å². The van der Waals surface area contributed by atoms with Crippen LogP contribution in [0.15, 0.2) is 46.2 Å². The number of esters is 2. The van der Waals surface area contributed by atoms with Crippen molar-refractivity contribution in [1.29, 1.82) is 0 Å². The van der Waals surface area contributed by atoms with E-state index in [2.05, 4.69) is 0 Å². The van der Waals surface area contributed by atoms with Gasteiger partial charge in [0.2, 0.25) is 20.0 Å². The van der Waals surface area contributed by atoms with Crippen LogP contribution >= 0.6 is 0 Å². The summed E-state index contributed by atoms with van der Waals surface area (Å²) in [5, 5.41) is 10.3. The lowest BCUT2D eigenvalue weighted by Crippen LogP contribution is -2.18. The van der Waals surface area contributed by atoms with Crippen LogP contribution in [0.25, 0.3) is 0 Å². The smallest absolute Gasteiger partial charge is 0.311 e. The summed E-state index contributed by atoms with van der Waals surface area (Å²) in [4.78, 5) is 23.5. The number of sulfonamides is 2. The van der Waals surface area contributed by atoms with Gasteiger partial charge in [0.15, 0.2) is 11.5 Å². The minimum Gasteiger partial charge on any atom is -0.425 e. The first-order valence-electron chi connectivity index (χ1n) is 9.48. The number of benzene rings is 2. The highest BCUT2D eigenvalue weighted by Gasteiger charge is 2.20. The summed E-state index contributed by atoms with van der Waals surface area (Å²) in [5.41, 5.74) is 12.1. The zero-order valence-corrected chi connectivity index (χ0v) is 19.0. The molecule has 0 aliphatic carbocycles.